The quantitative estimate of drug-likeness (QED) is 0.309. The second kappa shape index (κ2) is 10.2. The Hall–Kier alpha value is -3.20. The Bertz CT molecular complexity index is 997. The van der Waals surface area contributed by atoms with Crippen LogP contribution in [0.4, 0.5) is 5.00 Å². The first-order chi connectivity index (χ1) is 14.9. The molecule has 0 radical (unpaired) electrons. The van der Waals surface area contributed by atoms with Crippen LogP contribution in [-0.4, -0.2) is 37.7 Å². The molecule has 164 valence electrons. The van der Waals surface area contributed by atoms with Crippen molar-refractivity contribution in [3.05, 3.63) is 45.8 Å². The van der Waals surface area contributed by atoms with Gasteiger partial charge in [-0.2, -0.15) is 5.10 Å². The lowest BCUT2D eigenvalue weighted by Gasteiger charge is -2.18. The second-order valence-electron chi connectivity index (χ2n) is 7.20. The van der Waals surface area contributed by atoms with Crippen molar-refractivity contribution < 1.29 is 23.9 Å². The fraction of sp³-hybridized carbons (Fsp3) is 0.364. The van der Waals surface area contributed by atoms with Crippen molar-refractivity contribution >= 4 is 40.3 Å². The minimum atomic E-state index is -0.931. The molecule has 2 aromatic rings. The maximum atomic E-state index is 12.5. The summed E-state index contributed by atoms with van der Waals surface area (Å²) in [6.45, 7) is 4.11. The van der Waals surface area contributed by atoms with Crippen molar-refractivity contribution in [2.45, 2.75) is 33.1 Å². The van der Waals surface area contributed by atoms with Gasteiger partial charge < -0.3 is 14.8 Å². The van der Waals surface area contributed by atoms with Gasteiger partial charge in [-0.1, -0.05) is 6.92 Å². The number of esters is 1. The van der Waals surface area contributed by atoms with E-state index in [4.69, 9.17) is 9.47 Å². The van der Waals surface area contributed by atoms with Gasteiger partial charge in [-0.3, -0.25) is 9.59 Å². The van der Waals surface area contributed by atoms with Crippen molar-refractivity contribution in [3.8, 4) is 5.75 Å². The third-order valence-electron chi connectivity index (χ3n) is 4.92. The van der Waals surface area contributed by atoms with E-state index in [1.807, 2.05) is 0 Å². The number of hydrazone groups is 1. The lowest BCUT2D eigenvalue weighted by molar-refractivity contribution is -0.136. The molecule has 8 nitrogen and oxygen atoms in total. The molecule has 9 heteroatoms. The summed E-state index contributed by atoms with van der Waals surface area (Å²) in [5.41, 5.74) is 4.20. The van der Waals surface area contributed by atoms with Gasteiger partial charge in [0.25, 0.3) is 0 Å². The van der Waals surface area contributed by atoms with Gasteiger partial charge in [0, 0.05) is 4.88 Å². The van der Waals surface area contributed by atoms with Crippen LogP contribution in [0.25, 0.3) is 0 Å². The summed E-state index contributed by atoms with van der Waals surface area (Å²) in [5, 5.41) is 6.71. The lowest BCUT2D eigenvalue weighted by Crippen LogP contribution is -2.32. The van der Waals surface area contributed by atoms with Crippen molar-refractivity contribution in [3.63, 3.8) is 0 Å². The van der Waals surface area contributed by atoms with E-state index < -0.39 is 17.8 Å². The zero-order valence-corrected chi connectivity index (χ0v) is 18.5. The molecule has 1 aliphatic rings. The molecule has 0 fully saturated rings. The Balaban J connectivity index is 1.69. The van der Waals surface area contributed by atoms with E-state index in [1.54, 1.807) is 38.3 Å². The average Bonchev–Trinajstić information content (AvgIpc) is 3.11. The molecule has 2 amide bonds. The van der Waals surface area contributed by atoms with E-state index in [9.17, 15) is 14.4 Å². The highest BCUT2D eigenvalue weighted by Crippen LogP contribution is 2.40. The number of carbonyl (C=O) groups is 3. The predicted octanol–water partition coefficient (Wildman–Crippen LogP) is 3.15. The predicted molar refractivity (Wildman–Crippen MR) is 119 cm³/mol. The molecule has 1 aromatic carbocycles. The summed E-state index contributed by atoms with van der Waals surface area (Å²) in [6, 6.07) is 7.03. The molecule has 1 aromatic heterocycles. The molecule has 1 heterocycles. The van der Waals surface area contributed by atoms with Gasteiger partial charge in [-0.05, 0) is 67.5 Å². The van der Waals surface area contributed by atoms with Gasteiger partial charge in [0.2, 0.25) is 0 Å². The van der Waals surface area contributed by atoms with Gasteiger partial charge in [-0.25, -0.2) is 10.2 Å². The van der Waals surface area contributed by atoms with Crippen LogP contribution in [0, 0.1) is 5.92 Å². The van der Waals surface area contributed by atoms with Gasteiger partial charge in [0.1, 0.15) is 10.8 Å². The van der Waals surface area contributed by atoms with Crippen LogP contribution in [0.1, 0.15) is 46.6 Å². The minimum absolute atomic E-state index is 0.230. The van der Waals surface area contributed by atoms with E-state index in [-0.39, 0.29) is 6.61 Å². The van der Waals surface area contributed by atoms with Crippen LogP contribution < -0.4 is 15.5 Å². The Morgan fingerprint density at radius 2 is 1.97 bits per heavy atom. The van der Waals surface area contributed by atoms with E-state index in [1.165, 1.54) is 17.6 Å². The van der Waals surface area contributed by atoms with Crippen LogP contribution >= 0.6 is 11.3 Å². The zero-order chi connectivity index (χ0) is 22.4. The first kappa shape index (κ1) is 22.5. The monoisotopic (exact) mass is 443 g/mol. The highest BCUT2D eigenvalue weighted by Gasteiger charge is 2.30. The second-order valence-corrected chi connectivity index (χ2v) is 8.31. The van der Waals surface area contributed by atoms with Crippen molar-refractivity contribution in [1.82, 2.24) is 5.43 Å². The smallest absolute Gasteiger partial charge is 0.341 e. The van der Waals surface area contributed by atoms with E-state index >= 15 is 0 Å². The van der Waals surface area contributed by atoms with E-state index in [2.05, 4.69) is 22.8 Å². The summed E-state index contributed by atoms with van der Waals surface area (Å²) in [7, 11) is 1.57. The molecule has 0 spiro atoms. The van der Waals surface area contributed by atoms with Crippen LogP contribution in [0.3, 0.4) is 0 Å². The first-order valence-corrected chi connectivity index (χ1v) is 10.8. The summed E-state index contributed by atoms with van der Waals surface area (Å²) >= 11 is 1.33. The molecule has 2 N–H and O–H groups in total. The van der Waals surface area contributed by atoms with Crippen LogP contribution in [-0.2, 0) is 27.2 Å². The minimum Gasteiger partial charge on any atom is -0.497 e. The topological polar surface area (TPSA) is 106 Å². The van der Waals surface area contributed by atoms with Crippen molar-refractivity contribution in [2.75, 3.05) is 19.0 Å². The fourth-order valence-electron chi connectivity index (χ4n) is 3.32. The number of carbonyl (C=O) groups excluding carboxylic acids is 3. The number of rotatable bonds is 6. The molecular formula is C22H25N3O5S. The van der Waals surface area contributed by atoms with Crippen LogP contribution in [0.5, 0.6) is 5.75 Å². The summed E-state index contributed by atoms with van der Waals surface area (Å²) in [4.78, 5) is 38.1. The molecule has 0 bridgehead atoms. The lowest BCUT2D eigenvalue weighted by atomic mass is 9.88. The Labute approximate surface area is 184 Å². The number of methoxy groups -OCH3 is 1. The largest absolute Gasteiger partial charge is 0.497 e. The molecule has 3 rings (SSSR count). The maximum absolute atomic E-state index is 12.5. The molecule has 1 aliphatic carbocycles. The number of nitrogens with one attached hydrogen (secondary N) is 2. The number of hydrogen-bond acceptors (Lipinski definition) is 7. The molecule has 0 unspecified atom stereocenters. The number of hydrogen-bond donors (Lipinski definition) is 2. The fourth-order valence-corrected chi connectivity index (χ4v) is 4.72. The normalized spacial score (nSPS) is 15.3. The third-order valence-corrected chi connectivity index (χ3v) is 6.09. The van der Waals surface area contributed by atoms with Crippen molar-refractivity contribution in [2.24, 2.45) is 11.0 Å². The number of benzene rings is 1. The van der Waals surface area contributed by atoms with E-state index in [0.717, 1.165) is 35.3 Å². The molecular weight excluding hydrogens is 418 g/mol. The Kier molecular flexibility index (Phi) is 7.41. The van der Waals surface area contributed by atoms with Crippen LogP contribution in [0.2, 0.25) is 0 Å². The Morgan fingerprint density at radius 3 is 2.65 bits per heavy atom. The number of thiophene rings is 1. The van der Waals surface area contributed by atoms with Crippen molar-refractivity contribution in [1.29, 1.82) is 0 Å². The van der Waals surface area contributed by atoms with Crippen LogP contribution in [0.15, 0.2) is 29.4 Å². The molecule has 0 aliphatic heterocycles. The highest BCUT2D eigenvalue weighted by molar-refractivity contribution is 7.17. The standard InChI is InChI=1S/C22H25N3O5S/c1-4-30-22(28)18-16-10-5-13(2)11-17(16)31-21(18)24-19(26)20(27)25-23-12-14-6-8-15(29-3)9-7-14/h6-9,12-13H,4-5,10-11H2,1-3H3,(H,24,26)(H,25,27)/b23-12-/t13-/m0/s1. The third kappa shape index (κ3) is 5.49. The number of ether oxygens (including phenoxy) is 2. The summed E-state index contributed by atoms with van der Waals surface area (Å²) in [5.74, 6) is -1.11. The first-order valence-electron chi connectivity index (χ1n) is 10.0. The highest BCUT2D eigenvalue weighted by atomic mass is 32.1. The molecule has 0 saturated carbocycles. The van der Waals surface area contributed by atoms with Gasteiger partial charge >= 0.3 is 17.8 Å². The molecule has 31 heavy (non-hydrogen) atoms. The SMILES string of the molecule is CCOC(=O)c1c(NC(=O)C(=O)N/N=C\c2ccc(OC)cc2)sc2c1CC[C@H](C)C2. The number of fused-ring (bicyclic) bond motifs is 1. The Morgan fingerprint density at radius 1 is 1.23 bits per heavy atom. The summed E-state index contributed by atoms with van der Waals surface area (Å²) < 4.78 is 10.3. The zero-order valence-electron chi connectivity index (χ0n) is 17.7. The molecule has 1 atom stereocenters. The van der Waals surface area contributed by atoms with Gasteiger partial charge in [0.15, 0.2) is 0 Å². The number of anilines is 1. The van der Waals surface area contributed by atoms with Gasteiger partial charge in [-0.15, -0.1) is 11.3 Å². The average molecular weight is 444 g/mol. The maximum Gasteiger partial charge on any atom is 0.341 e. The number of amides is 2. The van der Waals surface area contributed by atoms with E-state index in [0.29, 0.717) is 22.2 Å². The van der Waals surface area contributed by atoms with Gasteiger partial charge in [0.05, 0.1) is 25.5 Å². The summed E-state index contributed by atoms with van der Waals surface area (Å²) in [6.07, 6.45) is 3.96. The number of nitrogens with zero attached hydrogens (tertiary/aromatic N) is 1. The molecule has 0 saturated heterocycles.